The third-order valence-electron chi connectivity index (χ3n) is 8.56. The smallest absolute Gasteiger partial charge is 0.335 e. The van der Waals surface area contributed by atoms with E-state index < -0.39 is 35.4 Å². The number of nitrogens with one attached hydrogen (secondary N) is 2. The molecule has 0 aliphatic carbocycles. The van der Waals surface area contributed by atoms with Gasteiger partial charge in [0.25, 0.3) is 11.8 Å². The first-order valence-electron chi connectivity index (χ1n) is 16.1. The van der Waals surface area contributed by atoms with E-state index in [9.17, 15) is 29.1 Å². The average Bonchev–Trinajstić information content (AvgIpc) is 3.11. The van der Waals surface area contributed by atoms with Crippen LogP contribution in [0.2, 0.25) is 5.02 Å². The zero-order valence-electron chi connectivity index (χ0n) is 28.2. The van der Waals surface area contributed by atoms with E-state index in [1.165, 1.54) is 54.3 Å². The van der Waals surface area contributed by atoms with Gasteiger partial charge >= 0.3 is 5.97 Å². The van der Waals surface area contributed by atoms with Crippen molar-refractivity contribution >= 4 is 52.8 Å². The van der Waals surface area contributed by atoms with Gasteiger partial charge in [0.15, 0.2) is 5.78 Å². The summed E-state index contributed by atoms with van der Waals surface area (Å²) in [6, 6.07) is 19.7. The van der Waals surface area contributed by atoms with Gasteiger partial charge in [-0.1, -0.05) is 41.9 Å². The van der Waals surface area contributed by atoms with Crippen molar-refractivity contribution in [2.75, 3.05) is 39.0 Å². The molecule has 10 nitrogen and oxygen atoms in total. The molecule has 262 valence electrons. The topological polar surface area (TPSA) is 136 Å². The number of likely N-dealkylation sites (N-methyl/N-ethyl adjacent to an activating group) is 1. The number of carboxylic acids is 1. The van der Waals surface area contributed by atoms with Gasteiger partial charge in [0.05, 0.1) is 10.6 Å². The number of nitrogens with zero attached hydrogens (tertiary/aromatic N) is 2. The fourth-order valence-electron chi connectivity index (χ4n) is 5.95. The lowest BCUT2D eigenvalue weighted by Gasteiger charge is -2.37. The van der Waals surface area contributed by atoms with Crippen molar-refractivity contribution in [2.24, 2.45) is 0 Å². The lowest BCUT2D eigenvalue weighted by Crippen LogP contribution is -2.45. The van der Waals surface area contributed by atoms with Crippen LogP contribution < -0.4 is 10.6 Å². The Morgan fingerprint density at radius 2 is 1.65 bits per heavy atom. The summed E-state index contributed by atoms with van der Waals surface area (Å²) < 4.78 is 15.0. The summed E-state index contributed by atoms with van der Waals surface area (Å²) in [4.78, 5) is 67.4. The number of carboxylic acid groups (broad SMARTS) is 1. The molecule has 4 aromatic carbocycles. The number of hydrogen-bond donors (Lipinski definition) is 3. The molecule has 0 bridgehead atoms. The number of rotatable bonds is 11. The number of anilines is 1. The van der Waals surface area contributed by atoms with E-state index in [-0.39, 0.29) is 34.2 Å². The van der Waals surface area contributed by atoms with Crippen molar-refractivity contribution in [3.63, 3.8) is 0 Å². The van der Waals surface area contributed by atoms with Crippen molar-refractivity contribution in [1.82, 2.24) is 15.1 Å². The molecule has 51 heavy (non-hydrogen) atoms. The first kappa shape index (κ1) is 36.6. The van der Waals surface area contributed by atoms with E-state index >= 15 is 4.39 Å². The van der Waals surface area contributed by atoms with Crippen LogP contribution in [0.4, 0.5) is 10.1 Å². The predicted molar refractivity (Wildman–Crippen MR) is 193 cm³/mol. The number of halogens is 2. The second kappa shape index (κ2) is 15.9. The first-order chi connectivity index (χ1) is 24.3. The van der Waals surface area contributed by atoms with Crippen LogP contribution in [0.15, 0.2) is 84.9 Å². The minimum Gasteiger partial charge on any atom is -0.478 e. The molecule has 1 aliphatic rings. The molecule has 0 spiro atoms. The third kappa shape index (κ3) is 8.39. The summed E-state index contributed by atoms with van der Waals surface area (Å²) >= 11 is 5.98. The van der Waals surface area contributed by atoms with Gasteiger partial charge in [0.2, 0.25) is 5.91 Å². The van der Waals surface area contributed by atoms with Gasteiger partial charge in [-0.05, 0) is 104 Å². The summed E-state index contributed by atoms with van der Waals surface area (Å²) in [5.74, 6) is -3.74. The van der Waals surface area contributed by atoms with Crippen molar-refractivity contribution in [3.05, 3.63) is 129 Å². The van der Waals surface area contributed by atoms with Gasteiger partial charge in [-0.2, -0.15) is 0 Å². The molecule has 0 radical (unpaired) electrons. The van der Waals surface area contributed by atoms with E-state index in [0.29, 0.717) is 36.3 Å². The number of fused-ring (bicyclic) bond motifs is 1. The van der Waals surface area contributed by atoms with Gasteiger partial charge < -0.3 is 25.5 Å². The van der Waals surface area contributed by atoms with Gasteiger partial charge in [0, 0.05) is 48.1 Å². The quantitative estimate of drug-likeness (QED) is 0.126. The molecule has 0 fully saturated rings. The largest absolute Gasteiger partial charge is 0.478 e. The minimum absolute atomic E-state index is 0.0397. The van der Waals surface area contributed by atoms with Crippen molar-refractivity contribution in [2.45, 2.75) is 19.4 Å². The number of Topliss-reactive ketones (excluding diaryl/α,β-unsaturated/α-hetero) is 1. The van der Waals surface area contributed by atoms with Crippen LogP contribution in [0, 0.1) is 5.82 Å². The Balaban J connectivity index is 1.49. The van der Waals surface area contributed by atoms with Gasteiger partial charge in [0.1, 0.15) is 11.9 Å². The normalized spacial score (nSPS) is 13.9. The van der Waals surface area contributed by atoms with E-state index in [0.717, 1.165) is 22.8 Å². The Morgan fingerprint density at radius 3 is 2.29 bits per heavy atom. The molecule has 4 aromatic rings. The van der Waals surface area contributed by atoms with E-state index in [1.807, 2.05) is 37.2 Å². The van der Waals surface area contributed by atoms with Crippen molar-refractivity contribution in [1.29, 1.82) is 0 Å². The lowest BCUT2D eigenvalue weighted by atomic mass is 9.85. The lowest BCUT2D eigenvalue weighted by molar-refractivity contribution is -0.135. The Morgan fingerprint density at radius 1 is 0.961 bits per heavy atom. The number of benzene rings is 4. The summed E-state index contributed by atoms with van der Waals surface area (Å²) in [5.41, 5.74) is 3.79. The molecule has 12 heteroatoms. The number of aromatic carboxylic acids is 1. The Hall–Kier alpha value is -5.65. The van der Waals surface area contributed by atoms with Crippen LogP contribution in [-0.2, 0) is 16.0 Å². The van der Waals surface area contributed by atoms with Crippen LogP contribution in [0.1, 0.15) is 60.7 Å². The summed E-state index contributed by atoms with van der Waals surface area (Å²) in [6.07, 6.45) is 2.67. The van der Waals surface area contributed by atoms with Gasteiger partial charge in [-0.15, -0.1) is 0 Å². The summed E-state index contributed by atoms with van der Waals surface area (Å²) in [6.45, 7) is 2.60. The maximum absolute atomic E-state index is 15.0. The highest BCUT2D eigenvalue weighted by molar-refractivity contribution is 6.31. The van der Waals surface area contributed by atoms with Crippen molar-refractivity contribution < 1.29 is 33.5 Å². The van der Waals surface area contributed by atoms with Crippen molar-refractivity contribution in [3.8, 4) is 11.1 Å². The molecule has 5 rings (SSSR count). The molecule has 0 unspecified atom stereocenters. The van der Waals surface area contributed by atoms with E-state index in [1.54, 1.807) is 24.3 Å². The molecule has 1 aliphatic heterocycles. The van der Waals surface area contributed by atoms with E-state index in [4.69, 9.17) is 11.6 Å². The van der Waals surface area contributed by atoms with Crippen LogP contribution in [0.3, 0.4) is 0 Å². The Labute approximate surface area is 299 Å². The Kier molecular flexibility index (Phi) is 11.4. The number of hydrogen-bond acceptors (Lipinski definition) is 6. The molecule has 3 N–H and O–H groups in total. The number of carbonyl (C=O) groups is 5. The molecule has 0 aromatic heterocycles. The van der Waals surface area contributed by atoms with Gasteiger partial charge in [-0.25, -0.2) is 9.18 Å². The molecule has 1 heterocycles. The fourth-order valence-corrected chi connectivity index (χ4v) is 6.11. The average molecular weight is 711 g/mol. The minimum atomic E-state index is -1.14. The zero-order chi connectivity index (χ0) is 36.8. The molecule has 3 amide bonds. The molecular weight excluding hydrogens is 675 g/mol. The number of amides is 3. The highest BCUT2D eigenvalue weighted by Crippen LogP contribution is 2.37. The SMILES string of the molecule is CC(=O)c1ccc(Cl)c(F)c1/C=C/C(=O)N1CCc2c(-c3ccc(C(=O)NCCN(C)C)cc3)cccc2[C@@H]1C(=O)Nc1ccc(C(=O)O)cc1. The number of carbonyl (C=O) groups excluding carboxylic acids is 4. The second-order valence-corrected chi connectivity index (χ2v) is 12.7. The van der Waals surface area contributed by atoms with Crippen LogP contribution in [0.25, 0.3) is 17.2 Å². The van der Waals surface area contributed by atoms with Crippen LogP contribution in [0.5, 0.6) is 0 Å². The zero-order valence-corrected chi connectivity index (χ0v) is 29.0. The molecule has 0 saturated carbocycles. The summed E-state index contributed by atoms with van der Waals surface area (Å²) in [5, 5.41) is 14.8. The first-order valence-corrected chi connectivity index (χ1v) is 16.5. The standard InChI is InChI=1S/C39H36ClFN4O6/c1-23(46)28-15-17-33(40)35(41)31(28)16-18-34(47)45-21-19-30-29(24-7-9-25(10-8-24)37(48)42-20-22-44(2)3)5-4-6-32(30)36(45)38(49)43-27-13-11-26(12-14-27)39(50)51/h4-18,36H,19-22H2,1-3H3,(H,42,48)(H,43,49)(H,50,51)/b18-16+/t36-/m1/s1. The number of ketones is 1. The maximum atomic E-state index is 15.0. The highest BCUT2D eigenvalue weighted by Gasteiger charge is 2.36. The summed E-state index contributed by atoms with van der Waals surface area (Å²) in [7, 11) is 3.85. The van der Waals surface area contributed by atoms with E-state index in [2.05, 4.69) is 10.6 Å². The Bertz CT molecular complexity index is 2030. The predicted octanol–water partition coefficient (Wildman–Crippen LogP) is 6.12. The monoisotopic (exact) mass is 710 g/mol. The molecule has 0 saturated heterocycles. The van der Waals surface area contributed by atoms with Gasteiger partial charge in [-0.3, -0.25) is 19.2 Å². The molecular formula is C39H36ClFN4O6. The highest BCUT2D eigenvalue weighted by atomic mass is 35.5. The maximum Gasteiger partial charge on any atom is 0.335 e. The second-order valence-electron chi connectivity index (χ2n) is 12.3. The van der Waals surface area contributed by atoms with Crippen LogP contribution in [-0.4, -0.2) is 78.1 Å². The molecule has 1 atom stereocenters. The van der Waals surface area contributed by atoms with Crippen LogP contribution >= 0.6 is 11.6 Å². The fraction of sp³-hybridized carbons (Fsp3) is 0.205. The third-order valence-corrected chi connectivity index (χ3v) is 8.85.